The summed E-state index contributed by atoms with van der Waals surface area (Å²) in [6, 6.07) is 0. The number of aliphatic hydroxyl groups is 1. The van der Waals surface area contributed by atoms with Gasteiger partial charge in [0.25, 0.3) is 0 Å². The molecule has 92 valence electrons. The second-order valence-corrected chi connectivity index (χ2v) is 4.62. The summed E-state index contributed by atoms with van der Waals surface area (Å²) in [6.07, 6.45) is 3.38. The average molecular weight is 228 g/mol. The first kappa shape index (κ1) is 11.8. The summed E-state index contributed by atoms with van der Waals surface area (Å²) in [6.45, 7) is 1.65. The number of carbonyl (C=O) groups excluding carboxylic acids is 1. The zero-order valence-corrected chi connectivity index (χ0v) is 9.76. The second kappa shape index (κ2) is 5.12. The summed E-state index contributed by atoms with van der Waals surface area (Å²) in [5.41, 5.74) is 0. The van der Waals surface area contributed by atoms with Crippen LogP contribution in [0.5, 0.6) is 0 Å². The van der Waals surface area contributed by atoms with E-state index in [9.17, 15) is 4.79 Å². The Balaban J connectivity index is 2.02. The van der Waals surface area contributed by atoms with Gasteiger partial charge in [-0.2, -0.15) is 0 Å². The zero-order valence-electron chi connectivity index (χ0n) is 9.76. The molecule has 0 aliphatic carbocycles. The van der Waals surface area contributed by atoms with Crippen LogP contribution in [0.3, 0.4) is 0 Å². The Bertz CT molecular complexity index is 260. The smallest absolute Gasteiger partial charge is 0.249 e. The normalized spacial score (nSPS) is 33.1. The molecule has 0 bridgehead atoms. The lowest BCUT2D eigenvalue weighted by atomic mass is 10.1. The molecule has 2 atom stereocenters. The van der Waals surface area contributed by atoms with Crippen LogP contribution < -0.4 is 0 Å². The molecule has 2 aliphatic heterocycles. The highest BCUT2D eigenvalue weighted by Crippen LogP contribution is 2.21. The number of piperidine rings is 1. The number of morpholine rings is 1. The van der Waals surface area contributed by atoms with E-state index in [1.807, 2.05) is 4.90 Å². The molecule has 0 spiro atoms. The van der Waals surface area contributed by atoms with Crippen molar-refractivity contribution in [3.8, 4) is 0 Å². The van der Waals surface area contributed by atoms with Gasteiger partial charge in [0, 0.05) is 0 Å². The Morgan fingerprint density at radius 1 is 1.50 bits per heavy atom. The lowest BCUT2D eigenvalue weighted by Crippen LogP contribution is -2.58. The minimum Gasteiger partial charge on any atom is -0.394 e. The van der Waals surface area contributed by atoms with Crippen molar-refractivity contribution in [2.45, 2.75) is 31.5 Å². The summed E-state index contributed by atoms with van der Waals surface area (Å²) in [5.74, 6) is 0.0449. The van der Waals surface area contributed by atoms with Gasteiger partial charge in [0.2, 0.25) is 5.91 Å². The number of aliphatic hydroxyl groups excluding tert-OH is 1. The molecule has 5 heteroatoms. The van der Waals surface area contributed by atoms with Crippen LogP contribution in [-0.2, 0) is 9.53 Å². The molecular formula is C11H20N2O3. The molecule has 0 aromatic carbocycles. The number of nitrogens with zero attached hydrogens (tertiary/aromatic N) is 2. The molecule has 0 aromatic heterocycles. The van der Waals surface area contributed by atoms with Gasteiger partial charge in [-0.3, -0.25) is 9.69 Å². The molecule has 1 amide bonds. The third-order valence-corrected chi connectivity index (χ3v) is 3.46. The van der Waals surface area contributed by atoms with Crippen LogP contribution in [0.15, 0.2) is 0 Å². The Morgan fingerprint density at radius 3 is 3.00 bits per heavy atom. The van der Waals surface area contributed by atoms with Gasteiger partial charge in [-0.05, 0) is 32.9 Å². The lowest BCUT2D eigenvalue weighted by molar-refractivity contribution is -0.161. The van der Waals surface area contributed by atoms with E-state index in [-0.39, 0.29) is 31.4 Å². The molecule has 0 saturated carbocycles. The van der Waals surface area contributed by atoms with E-state index in [0.717, 1.165) is 13.0 Å². The summed E-state index contributed by atoms with van der Waals surface area (Å²) in [4.78, 5) is 15.9. The first-order chi connectivity index (χ1) is 7.72. The number of amides is 1. The quantitative estimate of drug-likeness (QED) is 0.702. The number of carbonyl (C=O) groups is 1. The maximum absolute atomic E-state index is 11.8. The summed E-state index contributed by atoms with van der Waals surface area (Å²) < 4.78 is 5.24. The molecule has 16 heavy (non-hydrogen) atoms. The van der Waals surface area contributed by atoms with Crippen molar-refractivity contribution in [1.29, 1.82) is 0 Å². The van der Waals surface area contributed by atoms with Crippen molar-refractivity contribution in [2.75, 3.05) is 33.4 Å². The average Bonchev–Trinajstić information content (AvgIpc) is 2.31. The van der Waals surface area contributed by atoms with Crippen LogP contribution in [0.1, 0.15) is 19.3 Å². The lowest BCUT2D eigenvalue weighted by Gasteiger charge is -2.43. The molecule has 0 radical (unpaired) electrons. The number of rotatable bonds is 2. The third-order valence-electron chi connectivity index (χ3n) is 3.46. The van der Waals surface area contributed by atoms with Crippen molar-refractivity contribution in [3.05, 3.63) is 0 Å². The highest BCUT2D eigenvalue weighted by molar-refractivity contribution is 5.78. The predicted octanol–water partition coefficient (Wildman–Crippen LogP) is -0.352. The maximum atomic E-state index is 11.8. The topological polar surface area (TPSA) is 53.0 Å². The Morgan fingerprint density at radius 2 is 2.31 bits per heavy atom. The standard InChI is InChI=1S/C11H20N2O3/c1-12-5-3-2-4-10(12)13-6-9(7-14)16-8-11(13)15/h9-10,14H,2-8H2,1H3. The molecule has 5 nitrogen and oxygen atoms in total. The highest BCUT2D eigenvalue weighted by atomic mass is 16.5. The number of hydrogen-bond donors (Lipinski definition) is 1. The van der Waals surface area contributed by atoms with Crippen LogP contribution >= 0.6 is 0 Å². The summed E-state index contributed by atoms with van der Waals surface area (Å²) in [7, 11) is 2.06. The molecule has 2 heterocycles. The van der Waals surface area contributed by atoms with Gasteiger partial charge in [0.15, 0.2) is 0 Å². The van der Waals surface area contributed by atoms with Crippen molar-refractivity contribution in [1.82, 2.24) is 9.80 Å². The fourth-order valence-electron chi connectivity index (χ4n) is 2.50. The fourth-order valence-corrected chi connectivity index (χ4v) is 2.50. The van der Waals surface area contributed by atoms with Crippen LogP contribution in [0.4, 0.5) is 0 Å². The van der Waals surface area contributed by atoms with Crippen molar-refractivity contribution in [3.63, 3.8) is 0 Å². The first-order valence-corrected chi connectivity index (χ1v) is 5.94. The molecule has 2 rings (SSSR count). The Labute approximate surface area is 96.0 Å². The van der Waals surface area contributed by atoms with E-state index in [1.54, 1.807) is 0 Å². The van der Waals surface area contributed by atoms with Gasteiger partial charge in [0.1, 0.15) is 6.61 Å². The molecule has 2 saturated heterocycles. The Kier molecular flexibility index (Phi) is 3.78. The predicted molar refractivity (Wildman–Crippen MR) is 58.8 cm³/mol. The van der Waals surface area contributed by atoms with Crippen molar-refractivity contribution in [2.24, 2.45) is 0 Å². The third kappa shape index (κ3) is 2.36. The summed E-state index contributed by atoms with van der Waals surface area (Å²) in [5, 5.41) is 9.08. The van der Waals surface area contributed by atoms with Crippen LogP contribution in [-0.4, -0.2) is 66.4 Å². The molecule has 1 N–H and O–H groups in total. The molecular weight excluding hydrogens is 208 g/mol. The number of likely N-dealkylation sites (tertiary alicyclic amines) is 1. The first-order valence-electron chi connectivity index (χ1n) is 5.94. The van der Waals surface area contributed by atoms with Crippen molar-refractivity contribution >= 4 is 5.91 Å². The van der Waals surface area contributed by atoms with Crippen LogP contribution in [0.25, 0.3) is 0 Å². The van der Waals surface area contributed by atoms with Crippen LogP contribution in [0, 0.1) is 0 Å². The summed E-state index contributed by atoms with van der Waals surface area (Å²) >= 11 is 0. The molecule has 2 fully saturated rings. The molecule has 0 aromatic rings. The number of hydrogen-bond acceptors (Lipinski definition) is 4. The minimum absolute atomic E-state index is 0.0137. The maximum Gasteiger partial charge on any atom is 0.249 e. The van der Waals surface area contributed by atoms with Crippen molar-refractivity contribution < 1.29 is 14.6 Å². The van der Waals surface area contributed by atoms with Gasteiger partial charge < -0.3 is 14.7 Å². The minimum atomic E-state index is -0.215. The van der Waals surface area contributed by atoms with E-state index in [0.29, 0.717) is 6.54 Å². The fraction of sp³-hybridized carbons (Fsp3) is 0.909. The van der Waals surface area contributed by atoms with Gasteiger partial charge in [-0.25, -0.2) is 0 Å². The van der Waals surface area contributed by atoms with E-state index in [2.05, 4.69) is 11.9 Å². The second-order valence-electron chi connectivity index (χ2n) is 4.62. The van der Waals surface area contributed by atoms with Gasteiger partial charge >= 0.3 is 0 Å². The number of ether oxygens (including phenoxy) is 1. The van der Waals surface area contributed by atoms with E-state index in [4.69, 9.17) is 9.84 Å². The SMILES string of the molecule is CN1CCCCC1N1CC(CO)OCC1=O. The zero-order chi connectivity index (χ0) is 11.5. The van der Waals surface area contributed by atoms with Gasteiger partial charge in [-0.1, -0.05) is 0 Å². The Hall–Kier alpha value is -0.650. The van der Waals surface area contributed by atoms with E-state index >= 15 is 0 Å². The highest BCUT2D eigenvalue weighted by Gasteiger charge is 2.34. The molecule has 2 aliphatic rings. The molecule has 2 unspecified atom stereocenters. The van der Waals surface area contributed by atoms with E-state index in [1.165, 1.54) is 12.8 Å². The van der Waals surface area contributed by atoms with E-state index < -0.39 is 0 Å². The van der Waals surface area contributed by atoms with Crippen LogP contribution in [0.2, 0.25) is 0 Å². The monoisotopic (exact) mass is 228 g/mol. The largest absolute Gasteiger partial charge is 0.394 e. The van der Waals surface area contributed by atoms with Gasteiger partial charge in [0.05, 0.1) is 25.4 Å². The van der Waals surface area contributed by atoms with Gasteiger partial charge in [-0.15, -0.1) is 0 Å².